The minimum Gasteiger partial charge on any atom is -0.475 e. The molecule has 0 spiro atoms. The third kappa shape index (κ3) is 5.26. The molecule has 0 bridgehead atoms. The predicted molar refractivity (Wildman–Crippen MR) is 120 cm³/mol. The van der Waals surface area contributed by atoms with E-state index in [9.17, 15) is 18.0 Å². The van der Waals surface area contributed by atoms with Gasteiger partial charge in [0.05, 0.1) is 17.2 Å². The van der Waals surface area contributed by atoms with Crippen molar-refractivity contribution in [3.63, 3.8) is 0 Å². The summed E-state index contributed by atoms with van der Waals surface area (Å²) in [7, 11) is 0. The summed E-state index contributed by atoms with van der Waals surface area (Å²) in [6, 6.07) is 6.45. The van der Waals surface area contributed by atoms with E-state index in [0.29, 0.717) is 23.9 Å². The summed E-state index contributed by atoms with van der Waals surface area (Å²) >= 11 is 0. The highest BCUT2D eigenvalue weighted by Crippen LogP contribution is 2.32. The minimum atomic E-state index is -4.50. The molecule has 2 unspecified atom stereocenters. The number of rotatable bonds is 5. The molecule has 2 aromatic heterocycles. The van der Waals surface area contributed by atoms with Gasteiger partial charge in [0, 0.05) is 36.8 Å². The summed E-state index contributed by atoms with van der Waals surface area (Å²) in [6.45, 7) is 3.94. The molecule has 1 amide bonds. The van der Waals surface area contributed by atoms with E-state index in [4.69, 9.17) is 4.74 Å². The summed E-state index contributed by atoms with van der Waals surface area (Å²) in [5.74, 6) is -0.868. The number of carbonyl (C=O) groups is 1. The van der Waals surface area contributed by atoms with Crippen LogP contribution in [0.2, 0.25) is 0 Å². The quantitative estimate of drug-likeness (QED) is 0.455. The number of hydrogen-bond donors (Lipinski definition) is 0. The van der Waals surface area contributed by atoms with Gasteiger partial charge in [0.15, 0.2) is 5.82 Å². The van der Waals surface area contributed by atoms with E-state index in [1.807, 2.05) is 6.92 Å². The molecule has 184 valence electrons. The molecule has 1 saturated heterocycles. The van der Waals surface area contributed by atoms with Gasteiger partial charge < -0.3 is 9.64 Å². The van der Waals surface area contributed by atoms with Crippen molar-refractivity contribution >= 4 is 5.91 Å². The fourth-order valence-corrected chi connectivity index (χ4v) is 4.22. The first-order valence-electron chi connectivity index (χ1n) is 11.2. The first-order chi connectivity index (χ1) is 16.7. The van der Waals surface area contributed by atoms with Gasteiger partial charge in [-0.25, -0.2) is 19.3 Å². The van der Waals surface area contributed by atoms with Crippen molar-refractivity contribution < 1.29 is 27.1 Å². The maximum atomic E-state index is 15.3. The van der Waals surface area contributed by atoms with Gasteiger partial charge in [-0.15, -0.1) is 0 Å². The van der Waals surface area contributed by atoms with Crippen LogP contribution < -0.4 is 4.74 Å². The number of benzene rings is 1. The van der Waals surface area contributed by atoms with Crippen molar-refractivity contribution in [2.45, 2.75) is 38.9 Å². The lowest BCUT2D eigenvalue weighted by Gasteiger charge is -2.40. The summed E-state index contributed by atoms with van der Waals surface area (Å²) in [6.07, 6.45) is 0.799. The van der Waals surface area contributed by atoms with Gasteiger partial charge in [0.2, 0.25) is 5.88 Å². The number of aromatic nitrogens is 3. The number of halogens is 4. The van der Waals surface area contributed by atoms with Crippen molar-refractivity contribution in [3.8, 4) is 17.3 Å². The number of nitrogens with zero attached hydrogens (tertiary/aromatic N) is 4. The predicted octanol–water partition coefficient (Wildman–Crippen LogP) is 5.32. The SMILES string of the molecule is Cc1ccc(-c2ncccn2)c(C(=O)N2CCCC(C)C2COc2ccc(C(F)(F)F)cn2)c1F. The number of alkyl halides is 3. The van der Waals surface area contributed by atoms with E-state index in [1.54, 1.807) is 30.0 Å². The standard InChI is InChI=1S/C25H24F4N4O2/c1-15-5-3-12-33(19(15)14-35-20-9-7-17(13-32-20)25(27,28)29)24(34)21-18(8-6-16(2)22(21)26)23-30-10-4-11-31-23/h4,6-11,13,15,19H,3,5,12,14H2,1-2H3. The van der Waals surface area contributed by atoms with Gasteiger partial charge >= 0.3 is 6.18 Å². The molecule has 1 aromatic carbocycles. The zero-order chi connectivity index (χ0) is 25.2. The monoisotopic (exact) mass is 488 g/mol. The first kappa shape index (κ1) is 24.6. The number of pyridine rings is 1. The van der Waals surface area contributed by atoms with Crippen molar-refractivity contribution in [1.29, 1.82) is 0 Å². The lowest BCUT2D eigenvalue weighted by Crippen LogP contribution is -2.51. The molecule has 3 heterocycles. The number of hydrogen-bond acceptors (Lipinski definition) is 5. The topological polar surface area (TPSA) is 68.2 Å². The van der Waals surface area contributed by atoms with Crippen LogP contribution in [0.1, 0.15) is 41.3 Å². The van der Waals surface area contributed by atoms with E-state index in [1.165, 1.54) is 12.4 Å². The average molecular weight is 488 g/mol. The molecule has 0 aliphatic carbocycles. The van der Waals surface area contributed by atoms with E-state index in [-0.39, 0.29) is 29.8 Å². The summed E-state index contributed by atoms with van der Waals surface area (Å²) in [5.41, 5.74) is -0.373. The molecular formula is C25H24F4N4O2. The van der Waals surface area contributed by atoms with Gasteiger partial charge in [-0.2, -0.15) is 13.2 Å². The summed E-state index contributed by atoms with van der Waals surface area (Å²) in [5, 5.41) is 0. The van der Waals surface area contributed by atoms with Crippen LogP contribution in [-0.4, -0.2) is 45.0 Å². The smallest absolute Gasteiger partial charge is 0.417 e. The van der Waals surface area contributed by atoms with Crippen molar-refractivity contribution in [3.05, 3.63) is 71.4 Å². The Hall–Kier alpha value is -3.56. The van der Waals surface area contributed by atoms with Crippen LogP contribution in [0.25, 0.3) is 11.4 Å². The van der Waals surface area contributed by atoms with Crippen LogP contribution in [0.4, 0.5) is 17.6 Å². The highest BCUT2D eigenvalue weighted by Gasteiger charge is 2.36. The fraction of sp³-hybridized carbons (Fsp3) is 0.360. The summed E-state index contributed by atoms with van der Waals surface area (Å²) in [4.78, 5) is 27.4. The van der Waals surface area contributed by atoms with Crippen molar-refractivity contribution in [2.24, 2.45) is 5.92 Å². The maximum absolute atomic E-state index is 15.3. The molecule has 1 aliphatic heterocycles. The number of amides is 1. The first-order valence-corrected chi connectivity index (χ1v) is 11.2. The minimum absolute atomic E-state index is 0.00980. The Balaban J connectivity index is 1.61. The third-order valence-electron chi connectivity index (χ3n) is 6.20. The van der Waals surface area contributed by atoms with Crippen molar-refractivity contribution in [1.82, 2.24) is 19.9 Å². The molecule has 35 heavy (non-hydrogen) atoms. The van der Waals surface area contributed by atoms with Gasteiger partial charge in [0.1, 0.15) is 12.4 Å². The zero-order valence-corrected chi connectivity index (χ0v) is 19.2. The zero-order valence-electron chi connectivity index (χ0n) is 19.2. The van der Waals surface area contributed by atoms with Gasteiger partial charge in [-0.05, 0) is 49.4 Å². The van der Waals surface area contributed by atoms with Crippen LogP contribution in [0.5, 0.6) is 5.88 Å². The van der Waals surface area contributed by atoms with E-state index in [0.717, 1.165) is 25.0 Å². The van der Waals surface area contributed by atoms with Crippen LogP contribution in [0.15, 0.2) is 48.9 Å². The molecule has 10 heteroatoms. The third-order valence-corrected chi connectivity index (χ3v) is 6.20. The lowest BCUT2D eigenvalue weighted by molar-refractivity contribution is -0.137. The van der Waals surface area contributed by atoms with Crippen LogP contribution >= 0.6 is 0 Å². The molecule has 3 aromatic rings. The second-order valence-corrected chi connectivity index (χ2v) is 8.57. The number of ether oxygens (including phenoxy) is 1. The molecule has 4 rings (SSSR count). The van der Waals surface area contributed by atoms with Crippen molar-refractivity contribution in [2.75, 3.05) is 13.2 Å². The molecule has 2 atom stereocenters. The highest BCUT2D eigenvalue weighted by molar-refractivity contribution is 6.01. The molecule has 1 aliphatic rings. The fourth-order valence-electron chi connectivity index (χ4n) is 4.22. The van der Waals surface area contributed by atoms with Crippen LogP contribution in [0, 0.1) is 18.7 Å². The number of likely N-dealkylation sites (tertiary alicyclic amines) is 1. The van der Waals surface area contributed by atoms with Crippen LogP contribution in [0.3, 0.4) is 0 Å². The summed E-state index contributed by atoms with van der Waals surface area (Å²) < 4.78 is 59.4. The Morgan fingerprint density at radius 3 is 2.54 bits per heavy atom. The highest BCUT2D eigenvalue weighted by atomic mass is 19.4. The van der Waals surface area contributed by atoms with Gasteiger partial charge in [-0.1, -0.05) is 13.0 Å². The number of piperidine rings is 1. The van der Waals surface area contributed by atoms with E-state index < -0.39 is 29.5 Å². The molecule has 0 radical (unpaired) electrons. The molecule has 1 fully saturated rings. The van der Waals surface area contributed by atoms with E-state index >= 15 is 4.39 Å². The Morgan fingerprint density at radius 1 is 1.14 bits per heavy atom. The largest absolute Gasteiger partial charge is 0.475 e. The molecular weight excluding hydrogens is 464 g/mol. The maximum Gasteiger partial charge on any atom is 0.417 e. The molecule has 6 nitrogen and oxygen atoms in total. The Kier molecular flexibility index (Phi) is 7.00. The van der Waals surface area contributed by atoms with Gasteiger partial charge in [-0.3, -0.25) is 4.79 Å². The van der Waals surface area contributed by atoms with E-state index in [2.05, 4.69) is 15.0 Å². The number of aryl methyl sites for hydroxylation is 1. The normalized spacial score (nSPS) is 18.4. The second kappa shape index (κ2) is 9.97. The van der Waals surface area contributed by atoms with Crippen LogP contribution in [-0.2, 0) is 6.18 Å². The number of carbonyl (C=O) groups excluding carboxylic acids is 1. The molecule has 0 N–H and O–H groups in total. The Morgan fingerprint density at radius 2 is 1.89 bits per heavy atom. The lowest BCUT2D eigenvalue weighted by atomic mass is 9.90. The van der Waals surface area contributed by atoms with Gasteiger partial charge in [0.25, 0.3) is 5.91 Å². The Bertz CT molecular complexity index is 1190. The second-order valence-electron chi connectivity index (χ2n) is 8.57. The molecule has 0 saturated carbocycles. The average Bonchev–Trinajstić information content (AvgIpc) is 2.84. The Labute approximate surface area is 200 Å².